The zero-order chi connectivity index (χ0) is 25.0. The molecule has 2 N–H and O–H groups in total. The van der Waals surface area contributed by atoms with E-state index in [1.165, 1.54) is 17.3 Å². The summed E-state index contributed by atoms with van der Waals surface area (Å²) in [5.41, 5.74) is 2.43. The molecule has 2 heterocycles. The van der Waals surface area contributed by atoms with Gasteiger partial charge < -0.3 is 10.6 Å². The molecule has 3 aromatic rings. The van der Waals surface area contributed by atoms with Gasteiger partial charge in [-0.3, -0.25) is 9.78 Å². The SMILES string of the molecule is O=C(NCc1ccc(C(F)(F)F)cc1F)c1ccc(CSc2c(Cl)ccc3c2CCCNC3)nc1. The Morgan fingerprint density at radius 1 is 1.17 bits per heavy atom. The lowest BCUT2D eigenvalue weighted by Crippen LogP contribution is -2.23. The van der Waals surface area contributed by atoms with E-state index < -0.39 is 23.5 Å². The highest BCUT2D eigenvalue weighted by Gasteiger charge is 2.31. The van der Waals surface area contributed by atoms with Gasteiger partial charge in [-0.05, 0) is 60.8 Å². The van der Waals surface area contributed by atoms with Crippen LogP contribution in [0, 0.1) is 5.82 Å². The van der Waals surface area contributed by atoms with Crippen LogP contribution in [-0.2, 0) is 31.4 Å². The van der Waals surface area contributed by atoms with Crippen molar-refractivity contribution in [2.75, 3.05) is 6.54 Å². The Bertz CT molecular complexity index is 1220. The summed E-state index contributed by atoms with van der Waals surface area (Å²) in [6.07, 6.45) is -1.21. The minimum atomic E-state index is -4.63. The quantitative estimate of drug-likeness (QED) is 0.300. The molecule has 1 aromatic heterocycles. The highest BCUT2D eigenvalue weighted by molar-refractivity contribution is 7.98. The molecule has 10 heteroatoms. The fourth-order valence-corrected chi connectivity index (χ4v) is 5.20. The highest BCUT2D eigenvalue weighted by Crippen LogP contribution is 2.36. The normalized spacial score (nSPS) is 13.7. The molecule has 4 nitrogen and oxygen atoms in total. The van der Waals surface area contributed by atoms with Crippen molar-refractivity contribution in [3.05, 3.63) is 93.0 Å². The van der Waals surface area contributed by atoms with E-state index in [0.717, 1.165) is 48.7 Å². The average molecular weight is 524 g/mol. The molecule has 0 spiro atoms. The van der Waals surface area contributed by atoms with Crippen LogP contribution in [0.1, 0.15) is 44.7 Å². The number of rotatable bonds is 6. The topological polar surface area (TPSA) is 54.0 Å². The number of alkyl halides is 3. The Kier molecular flexibility index (Phi) is 7.98. The maximum Gasteiger partial charge on any atom is 0.416 e. The fraction of sp³-hybridized carbons (Fsp3) is 0.280. The number of carbonyl (C=O) groups is 1. The average Bonchev–Trinajstić information content (AvgIpc) is 3.08. The predicted molar refractivity (Wildman–Crippen MR) is 128 cm³/mol. The van der Waals surface area contributed by atoms with Gasteiger partial charge in [0.25, 0.3) is 5.91 Å². The number of hydrogen-bond acceptors (Lipinski definition) is 4. The third kappa shape index (κ3) is 6.34. The summed E-state index contributed by atoms with van der Waals surface area (Å²) in [5.74, 6) is -0.957. The third-order valence-electron chi connectivity index (χ3n) is 5.68. The van der Waals surface area contributed by atoms with Crippen LogP contribution in [-0.4, -0.2) is 17.4 Å². The Morgan fingerprint density at radius 3 is 2.71 bits per heavy atom. The molecule has 0 radical (unpaired) electrons. The highest BCUT2D eigenvalue weighted by atomic mass is 35.5. The lowest BCUT2D eigenvalue weighted by atomic mass is 10.0. The molecular weight excluding hydrogens is 502 g/mol. The summed E-state index contributed by atoms with van der Waals surface area (Å²) in [7, 11) is 0. The standard InChI is InChI=1S/C25H22ClF4N3OS/c26-21-8-5-15-11-31-9-1-2-20(15)23(21)35-14-19-7-4-17(13-32-19)24(34)33-12-16-3-6-18(10-22(16)27)25(28,29)30/h3-8,10,13,31H,1-2,9,11-12,14H2,(H,33,34). The number of amides is 1. The van der Waals surface area contributed by atoms with E-state index in [1.54, 1.807) is 23.9 Å². The number of carbonyl (C=O) groups excluding carboxylic acids is 1. The van der Waals surface area contributed by atoms with E-state index in [9.17, 15) is 22.4 Å². The van der Waals surface area contributed by atoms with Gasteiger partial charge in [-0.2, -0.15) is 13.2 Å². The van der Waals surface area contributed by atoms with Gasteiger partial charge in [0.2, 0.25) is 0 Å². The van der Waals surface area contributed by atoms with E-state index in [1.807, 2.05) is 6.07 Å². The molecule has 184 valence electrons. The molecule has 1 aliphatic rings. The lowest BCUT2D eigenvalue weighted by Gasteiger charge is -2.14. The predicted octanol–water partition coefficient (Wildman–Crippen LogP) is 6.15. The molecule has 0 fully saturated rings. The van der Waals surface area contributed by atoms with Crippen LogP contribution in [0.3, 0.4) is 0 Å². The second-order valence-electron chi connectivity index (χ2n) is 8.11. The number of fused-ring (bicyclic) bond motifs is 1. The molecule has 2 aromatic carbocycles. The number of thioether (sulfide) groups is 1. The van der Waals surface area contributed by atoms with E-state index >= 15 is 0 Å². The van der Waals surface area contributed by atoms with Gasteiger partial charge in [-0.15, -0.1) is 11.8 Å². The van der Waals surface area contributed by atoms with Crippen LogP contribution in [0.15, 0.2) is 53.6 Å². The Balaban J connectivity index is 1.36. The third-order valence-corrected chi connectivity index (χ3v) is 7.30. The monoisotopic (exact) mass is 523 g/mol. The van der Waals surface area contributed by atoms with Crippen molar-refractivity contribution in [3.63, 3.8) is 0 Å². The van der Waals surface area contributed by atoms with Gasteiger partial charge in [-0.25, -0.2) is 4.39 Å². The van der Waals surface area contributed by atoms with E-state index in [4.69, 9.17) is 11.6 Å². The Labute approximate surface area is 209 Å². The van der Waals surface area contributed by atoms with Gasteiger partial charge >= 0.3 is 6.18 Å². The van der Waals surface area contributed by atoms with Gasteiger partial charge in [0.05, 0.1) is 21.8 Å². The summed E-state index contributed by atoms with van der Waals surface area (Å²) < 4.78 is 52.0. The second-order valence-corrected chi connectivity index (χ2v) is 9.50. The van der Waals surface area contributed by atoms with Crippen molar-refractivity contribution in [1.82, 2.24) is 15.6 Å². The largest absolute Gasteiger partial charge is 0.416 e. The van der Waals surface area contributed by atoms with Crippen molar-refractivity contribution < 1.29 is 22.4 Å². The van der Waals surface area contributed by atoms with Crippen molar-refractivity contribution in [2.24, 2.45) is 0 Å². The van der Waals surface area contributed by atoms with E-state index in [0.29, 0.717) is 16.8 Å². The van der Waals surface area contributed by atoms with Crippen molar-refractivity contribution in [1.29, 1.82) is 0 Å². The Hall–Kier alpha value is -2.62. The molecule has 0 unspecified atom stereocenters. The van der Waals surface area contributed by atoms with Gasteiger partial charge in [-0.1, -0.05) is 23.7 Å². The molecule has 0 aliphatic carbocycles. The summed E-state index contributed by atoms with van der Waals surface area (Å²) in [6, 6.07) is 9.54. The number of aromatic nitrogens is 1. The lowest BCUT2D eigenvalue weighted by molar-refractivity contribution is -0.137. The fourth-order valence-electron chi connectivity index (χ4n) is 3.78. The molecule has 35 heavy (non-hydrogen) atoms. The van der Waals surface area contributed by atoms with Crippen molar-refractivity contribution in [2.45, 2.75) is 42.8 Å². The number of benzene rings is 2. The maximum atomic E-state index is 14.0. The second kappa shape index (κ2) is 11.0. The molecular formula is C25H22ClF4N3OS. The first-order chi connectivity index (χ1) is 16.7. The number of pyridine rings is 1. The summed E-state index contributed by atoms with van der Waals surface area (Å²) in [6.45, 7) is 1.54. The molecule has 4 rings (SSSR count). The molecule has 0 atom stereocenters. The molecule has 0 saturated carbocycles. The van der Waals surface area contributed by atoms with Crippen LogP contribution in [0.4, 0.5) is 17.6 Å². The zero-order valence-electron chi connectivity index (χ0n) is 18.5. The summed E-state index contributed by atoms with van der Waals surface area (Å²) in [5, 5.41) is 6.63. The van der Waals surface area contributed by atoms with E-state index in [2.05, 4.69) is 21.7 Å². The Morgan fingerprint density at radius 2 is 2.00 bits per heavy atom. The number of nitrogens with zero attached hydrogens (tertiary/aromatic N) is 1. The smallest absolute Gasteiger partial charge is 0.348 e. The van der Waals surface area contributed by atoms with E-state index in [-0.39, 0.29) is 17.7 Å². The zero-order valence-corrected chi connectivity index (χ0v) is 20.1. The van der Waals surface area contributed by atoms with Gasteiger partial charge in [0, 0.05) is 35.5 Å². The molecule has 1 amide bonds. The van der Waals surface area contributed by atoms with Crippen molar-refractivity contribution >= 4 is 29.3 Å². The van der Waals surface area contributed by atoms with Gasteiger partial charge in [0.1, 0.15) is 5.82 Å². The van der Waals surface area contributed by atoms with Crippen LogP contribution >= 0.6 is 23.4 Å². The first kappa shape index (κ1) is 25.5. The first-order valence-electron chi connectivity index (χ1n) is 10.9. The van der Waals surface area contributed by atoms with Crippen LogP contribution in [0.2, 0.25) is 5.02 Å². The van der Waals surface area contributed by atoms with Crippen molar-refractivity contribution in [3.8, 4) is 0 Å². The molecule has 0 bridgehead atoms. The van der Waals surface area contributed by atoms with Crippen LogP contribution < -0.4 is 10.6 Å². The molecule has 0 saturated heterocycles. The number of halogens is 5. The summed E-state index contributed by atoms with van der Waals surface area (Å²) >= 11 is 8.08. The number of nitrogens with one attached hydrogen (secondary N) is 2. The first-order valence-corrected chi connectivity index (χ1v) is 12.3. The minimum absolute atomic E-state index is 0.0404. The van der Waals surface area contributed by atoms with Crippen LogP contribution in [0.5, 0.6) is 0 Å². The summed E-state index contributed by atoms with van der Waals surface area (Å²) in [4.78, 5) is 17.8. The maximum absolute atomic E-state index is 14.0. The van der Waals surface area contributed by atoms with Gasteiger partial charge in [0.15, 0.2) is 0 Å². The minimum Gasteiger partial charge on any atom is -0.348 e. The number of hydrogen-bond donors (Lipinski definition) is 2. The van der Waals surface area contributed by atoms with Crippen LogP contribution in [0.25, 0.3) is 0 Å². The molecule has 1 aliphatic heterocycles.